The summed E-state index contributed by atoms with van der Waals surface area (Å²) in [6.07, 6.45) is 14.9. The Labute approximate surface area is 132 Å². The molecule has 0 amide bonds. The average Bonchev–Trinajstić information content (AvgIpc) is 3.14. The first kappa shape index (κ1) is 13.4. The highest BCUT2D eigenvalue weighted by Crippen LogP contribution is 2.23. The topological polar surface area (TPSA) is 89.3 Å². The van der Waals surface area contributed by atoms with Crippen LogP contribution in [0.2, 0.25) is 0 Å². The van der Waals surface area contributed by atoms with E-state index in [1.54, 1.807) is 24.8 Å². The first-order valence-corrected chi connectivity index (χ1v) is 7.17. The van der Waals surface area contributed by atoms with Crippen molar-refractivity contribution in [3.63, 3.8) is 0 Å². The Hall–Kier alpha value is -3.29. The molecule has 1 aliphatic rings. The summed E-state index contributed by atoms with van der Waals surface area (Å²) in [5, 5.41) is 7.36. The molecule has 0 bridgehead atoms. The third-order valence-corrected chi connectivity index (χ3v) is 3.66. The van der Waals surface area contributed by atoms with E-state index in [4.69, 9.17) is 5.84 Å². The Bertz CT molecular complexity index is 917. The van der Waals surface area contributed by atoms with Crippen molar-refractivity contribution < 1.29 is 0 Å². The summed E-state index contributed by atoms with van der Waals surface area (Å²) in [4.78, 5) is 12.3. The summed E-state index contributed by atoms with van der Waals surface area (Å²) < 4.78 is 1.97. The molecule has 116 valence electrons. The monoisotopic (exact) mass is 308 g/mol. The highest BCUT2D eigenvalue weighted by atomic mass is 15.5. The average molecular weight is 308 g/mol. The molecule has 4 rings (SSSR count). The number of fused-ring (bicyclic) bond motifs is 1. The molecule has 0 saturated carbocycles. The molecule has 23 heavy (non-hydrogen) atoms. The first-order chi connectivity index (χ1) is 11.2. The Morgan fingerprint density at radius 3 is 2.96 bits per heavy atom. The maximum absolute atomic E-state index is 5.63. The van der Waals surface area contributed by atoms with E-state index in [0.29, 0.717) is 5.82 Å². The summed E-state index contributed by atoms with van der Waals surface area (Å²) in [5.41, 5.74) is 3.63. The smallest absolute Gasteiger partial charge is 0.180 e. The Balaban J connectivity index is 1.73. The lowest BCUT2D eigenvalue weighted by Gasteiger charge is -2.20. The van der Waals surface area contributed by atoms with Gasteiger partial charge in [0.2, 0.25) is 0 Å². The highest BCUT2D eigenvalue weighted by molar-refractivity contribution is 5.71. The maximum Gasteiger partial charge on any atom is 0.180 e. The number of allylic oxidation sites excluding steroid dienone is 2. The van der Waals surface area contributed by atoms with Crippen molar-refractivity contribution in [3.8, 4) is 11.3 Å². The van der Waals surface area contributed by atoms with Gasteiger partial charge in [-0.2, -0.15) is 9.89 Å². The second kappa shape index (κ2) is 5.16. The van der Waals surface area contributed by atoms with Crippen molar-refractivity contribution in [2.75, 3.05) is 24.8 Å². The van der Waals surface area contributed by atoms with E-state index in [2.05, 4.69) is 25.3 Å². The number of nitrogens with two attached hydrogens (primary N) is 1. The number of nitrogen functional groups attached to an aromatic ring is 1. The van der Waals surface area contributed by atoms with E-state index in [1.165, 1.54) is 4.79 Å². The number of aromatic nitrogens is 5. The van der Waals surface area contributed by atoms with Crippen LogP contribution in [0.4, 0.5) is 5.82 Å². The quantitative estimate of drug-likeness (QED) is 0.703. The zero-order chi connectivity index (χ0) is 15.8. The van der Waals surface area contributed by atoms with Gasteiger partial charge in [-0.1, -0.05) is 0 Å². The number of hydrogen-bond acceptors (Lipinski definition) is 6. The van der Waals surface area contributed by atoms with Crippen molar-refractivity contribution in [2.24, 2.45) is 0 Å². The summed E-state index contributed by atoms with van der Waals surface area (Å²) in [6.45, 7) is 0.798. The van der Waals surface area contributed by atoms with Gasteiger partial charge in [0, 0.05) is 30.7 Å². The Kier molecular flexibility index (Phi) is 3.00. The molecule has 0 saturated heterocycles. The van der Waals surface area contributed by atoms with Crippen LogP contribution >= 0.6 is 0 Å². The SMILES string of the molecule is CN1C=CC=C(Nc2nccn3c(-c4cnn(N)c4)cnc23)C1. The van der Waals surface area contributed by atoms with Gasteiger partial charge >= 0.3 is 0 Å². The van der Waals surface area contributed by atoms with E-state index in [1.807, 2.05) is 36.0 Å². The van der Waals surface area contributed by atoms with E-state index >= 15 is 0 Å². The lowest BCUT2D eigenvalue weighted by Crippen LogP contribution is -2.21. The van der Waals surface area contributed by atoms with Gasteiger partial charge < -0.3 is 16.1 Å². The van der Waals surface area contributed by atoms with Gasteiger partial charge in [0.15, 0.2) is 11.5 Å². The number of nitrogens with zero attached hydrogens (tertiary/aromatic N) is 6. The van der Waals surface area contributed by atoms with Crippen LogP contribution in [0.5, 0.6) is 0 Å². The van der Waals surface area contributed by atoms with Crippen LogP contribution in [0, 0.1) is 0 Å². The van der Waals surface area contributed by atoms with Crippen LogP contribution in [-0.4, -0.2) is 42.8 Å². The summed E-state index contributed by atoms with van der Waals surface area (Å²) in [5.74, 6) is 6.34. The number of anilines is 1. The molecule has 0 spiro atoms. The summed E-state index contributed by atoms with van der Waals surface area (Å²) in [6, 6.07) is 0. The second-order valence-electron chi connectivity index (χ2n) is 5.40. The largest absolute Gasteiger partial charge is 0.375 e. The molecule has 3 aromatic rings. The first-order valence-electron chi connectivity index (χ1n) is 7.17. The molecule has 0 aromatic carbocycles. The van der Waals surface area contributed by atoms with Gasteiger partial charge in [-0.05, 0) is 18.4 Å². The molecule has 0 radical (unpaired) electrons. The number of hydrogen-bond donors (Lipinski definition) is 2. The van der Waals surface area contributed by atoms with Crippen molar-refractivity contribution in [1.29, 1.82) is 0 Å². The number of likely N-dealkylation sites (N-methyl/N-ethyl adjacent to an activating group) is 1. The summed E-state index contributed by atoms with van der Waals surface area (Å²) >= 11 is 0. The molecule has 8 heteroatoms. The Morgan fingerprint density at radius 1 is 1.26 bits per heavy atom. The van der Waals surface area contributed by atoms with Gasteiger partial charge in [-0.25, -0.2) is 9.97 Å². The van der Waals surface area contributed by atoms with Crippen LogP contribution in [-0.2, 0) is 0 Å². The third kappa shape index (κ3) is 2.39. The molecule has 0 unspecified atom stereocenters. The van der Waals surface area contributed by atoms with Gasteiger partial charge in [0.25, 0.3) is 0 Å². The minimum Gasteiger partial charge on any atom is -0.375 e. The van der Waals surface area contributed by atoms with Crippen molar-refractivity contribution in [3.05, 3.63) is 55.0 Å². The molecular formula is C15H16N8. The van der Waals surface area contributed by atoms with Crippen molar-refractivity contribution in [1.82, 2.24) is 29.2 Å². The van der Waals surface area contributed by atoms with Gasteiger partial charge in [0.05, 0.1) is 30.8 Å². The number of rotatable bonds is 3. The minimum absolute atomic E-state index is 0.717. The predicted molar refractivity (Wildman–Crippen MR) is 87.8 cm³/mol. The van der Waals surface area contributed by atoms with E-state index in [9.17, 15) is 0 Å². The van der Waals surface area contributed by atoms with Crippen LogP contribution in [0.1, 0.15) is 0 Å². The zero-order valence-electron chi connectivity index (χ0n) is 12.6. The molecule has 0 aliphatic carbocycles. The standard InChI is InChI=1S/C15H16N8/c1-21-5-2-3-12(10-21)20-14-15-18-8-13(22(15)6-4-17-14)11-7-19-23(16)9-11/h2-9H,10,16H2,1H3,(H,17,20). The molecule has 1 aliphatic heterocycles. The fraction of sp³-hybridized carbons (Fsp3) is 0.133. The molecule has 0 fully saturated rings. The fourth-order valence-electron chi connectivity index (χ4n) is 2.60. The maximum atomic E-state index is 5.63. The molecular weight excluding hydrogens is 292 g/mol. The minimum atomic E-state index is 0.717. The Morgan fingerprint density at radius 2 is 2.17 bits per heavy atom. The van der Waals surface area contributed by atoms with Crippen LogP contribution in [0.25, 0.3) is 16.9 Å². The lowest BCUT2D eigenvalue weighted by atomic mass is 10.3. The normalized spacial score (nSPS) is 14.3. The highest BCUT2D eigenvalue weighted by Gasteiger charge is 2.13. The van der Waals surface area contributed by atoms with E-state index in [-0.39, 0.29) is 0 Å². The number of nitrogens with one attached hydrogen (secondary N) is 1. The van der Waals surface area contributed by atoms with Crippen LogP contribution in [0.3, 0.4) is 0 Å². The van der Waals surface area contributed by atoms with Gasteiger partial charge in [0.1, 0.15) is 0 Å². The molecule has 8 nitrogen and oxygen atoms in total. The van der Waals surface area contributed by atoms with Gasteiger partial charge in [-0.3, -0.25) is 4.40 Å². The zero-order valence-corrected chi connectivity index (χ0v) is 12.6. The lowest BCUT2D eigenvalue weighted by molar-refractivity contribution is 0.492. The van der Waals surface area contributed by atoms with Crippen molar-refractivity contribution in [2.45, 2.75) is 0 Å². The summed E-state index contributed by atoms with van der Waals surface area (Å²) in [7, 11) is 2.03. The molecule has 3 N–H and O–H groups in total. The van der Waals surface area contributed by atoms with Crippen molar-refractivity contribution >= 4 is 11.5 Å². The fourth-order valence-corrected chi connectivity index (χ4v) is 2.60. The van der Waals surface area contributed by atoms with E-state index < -0.39 is 0 Å². The molecule has 4 heterocycles. The predicted octanol–water partition coefficient (Wildman–Crippen LogP) is 1.06. The number of imidazole rings is 1. The van der Waals surface area contributed by atoms with Gasteiger partial charge in [-0.15, -0.1) is 0 Å². The molecule has 0 atom stereocenters. The van der Waals surface area contributed by atoms with E-state index in [0.717, 1.165) is 29.1 Å². The van der Waals surface area contributed by atoms with Crippen LogP contribution in [0.15, 0.2) is 55.0 Å². The van der Waals surface area contributed by atoms with Crippen LogP contribution < -0.4 is 11.2 Å². The second-order valence-corrected chi connectivity index (χ2v) is 5.40. The third-order valence-electron chi connectivity index (χ3n) is 3.66. The molecule has 3 aromatic heterocycles.